The number of benzene rings is 1. The number of halogens is 2. The van der Waals surface area contributed by atoms with Crippen molar-refractivity contribution >= 4 is 40.4 Å². The number of methoxy groups -OCH3 is 1. The molecule has 0 bridgehead atoms. The molecular formula is C12H10F2N2O3S2. The summed E-state index contributed by atoms with van der Waals surface area (Å²) in [6, 6.07) is 4.32. The van der Waals surface area contributed by atoms with Gasteiger partial charge in [0.1, 0.15) is 0 Å². The first-order valence-corrected chi connectivity index (χ1v) is 7.07. The summed E-state index contributed by atoms with van der Waals surface area (Å²) >= 11 is 6.21. The van der Waals surface area contributed by atoms with Crippen molar-refractivity contribution in [3.63, 3.8) is 0 Å². The molecule has 0 saturated carbocycles. The van der Waals surface area contributed by atoms with Gasteiger partial charge in [0.05, 0.1) is 19.1 Å². The van der Waals surface area contributed by atoms with Crippen molar-refractivity contribution in [2.24, 2.45) is 5.10 Å². The average molecular weight is 332 g/mol. The van der Waals surface area contributed by atoms with E-state index in [1.54, 1.807) is 0 Å². The van der Waals surface area contributed by atoms with Gasteiger partial charge in [-0.25, -0.2) is 0 Å². The van der Waals surface area contributed by atoms with Gasteiger partial charge >= 0.3 is 6.61 Å². The third kappa shape index (κ3) is 3.88. The van der Waals surface area contributed by atoms with E-state index in [1.165, 1.54) is 43.3 Å². The normalized spacial score (nSPS) is 15.3. The Hall–Kier alpha value is -1.74. The lowest BCUT2D eigenvalue weighted by Crippen LogP contribution is -2.22. The summed E-state index contributed by atoms with van der Waals surface area (Å²) in [6.07, 6.45) is 1.39. The molecule has 112 valence electrons. The largest absolute Gasteiger partial charge is 0.493 e. The van der Waals surface area contributed by atoms with Crippen molar-refractivity contribution in [2.45, 2.75) is 6.61 Å². The molecule has 0 aromatic heterocycles. The van der Waals surface area contributed by atoms with Crippen molar-refractivity contribution < 1.29 is 23.0 Å². The van der Waals surface area contributed by atoms with Crippen LogP contribution in [0.5, 0.6) is 11.5 Å². The molecule has 1 aromatic carbocycles. The fraction of sp³-hybridized carbons (Fsp3) is 0.250. The topological polar surface area (TPSA) is 51.1 Å². The third-order valence-corrected chi connectivity index (χ3v) is 3.79. The van der Waals surface area contributed by atoms with Crippen molar-refractivity contribution in [1.82, 2.24) is 5.01 Å². The Balaban J connectivity index is 2.17. The summed E-state index contributed by atoms with van der Waals surface area (Å²) in [4.78, 5) is 11.5. The van der Waals surface area contributed by atoms with Gasteiger partial charge in [-0.2, -0.15) is 18.9 Å². The van der Waals surface area contributed by atoms with Crippen LogP contribution in [0.15, 0.2) is 23.3 Å². The van der Waals surface area contributed by atoms with Gasteiger partial charge in [-0.15, -0.1) is 0 Å². The maximum atomic E-state index is 12.2. The Morgan fingerprint density at radius 1 is 1.48 bits per heavy atom. The van der Waals surface area contributed by atoms with Crippen LogP contribution in [0.1, 0.15) is 5.56 Å². The smallest absolute Gasteiger partial charge is 0.387 e. The van der Waals surface area contributed by atoms with Gasteiger partial charge < -0.3 is 9.47 Å². The lowest BCUT2D eigenvalue weighted by Gasteiger charge is -2.10. The van der Waals surface area contributed by atoms with Gasteiger partial charge in [0.2, 0.25) is 0 Å². The van der Waals surface area contributed by atoms with E-state index in [2.05, 4.69) is 9.84 Å². The predicted octanol–water partition coefficient (Wildman–Crippen LogP) is 2.49. The number of thiocarbonyl (C=S) groups is 1. The molecule has 1 aliphatic rings. The quantitative estimate of drug-likeness (QED) is 0.612. The Kier molecular flexibility index (Phi) is 5.07. The summed E-state index contributed by atoms with van der Waals surface area (Å²) < 4.78 is 34.1. The number of amides is 1. The molecule has 0 aliphatic carbocycles. The zero-order valence-electron chi connectivity index (χ0n) is 10.8. The first-order chi connectivity index (χ1) is 10.0. The molecule has 21 heavy (non-hydrogen) atoms. The second-order valence-corrected chi connectivity index (χ2v) is 5.40. The third-order valence-electron chi connectivity index (χ3n) is 2.45. The van der Waals surface area contributed by atoms with Crippen LogP contribution in [0.2, 0.25) is 0 Å². The first-order valence-electron chi connectivity index (χ1n) is 5.68. The molecule has 0 atom stereocenters. The Bertz CT molecular complexity index is 580. The minimum Gasteiger partial charge on any atom is -0.493 e. The molecule has 1 fully saturated rings. The van der Waals surface area contributed by atoms with E-state index >= 15 is 0 Å². The van der Waals surface area contributed by atoms with Crippen LogP contribution in [0.4, 0.5) is 8.78 Å². The molecule has 1 aromatic rings. The summed E-state index contributed by atoms with van der Waals surface area (Å²) in [5.41, 5.74) is 0.556. The van der Waals surface area contributed by atoms with Gasteiger partial charge in [0.25, 0.3) is 5.91 Å². The summed E-state index contributed by atoms with van der Waals surface area (Å²) in [5.74, 6) is 0.128. The lowest BCUT2D eigenvalue weighted by molar-refractivity contribution is -0.124. The van der Waals surface area contributed by atoms with E-state index in [-0.39, 0.29) is 23.2 Å². The molecule has 0 unspecified atom stereocenters. The second-order valence-electron chi connectivity index (χ2n) is 3.79. The zero-order chi connectivity index (χ0) is 15.4. The Labute approximate surface area is 128 Å². The van der Waals surface area contributed by atoms with E-state index in [0.29, 0.717) is 9.88 Å². The van der Waals surface area contributed by atoms with Crippen LogP contribution in [-0.4, -0.2) is 40.9 Å². The second kappa shape index (κ2) is 6.81. The van der Waals surface area contributed by atoms with E-state index in [4.69, 9.17) is 17.0 Å². The first kappa shape index (κ1) is 15.6. The monoisotopic (exact) mass is 332 g/mol. The zero-order valence-corrected chi connectivity index (χ0v) is 12.4. The highest BCUT2D eigenvalue weighted by molar-refractivity contribution is 8.23. The van der Waals surface area contributed by atoms with Crippen LogP contribution in [0.25, 0.3) is 0 Å². The molecular weight excluding hydrogens is 322 g/mol. The number of hydrogen-bond donors (Lipinski definition) is 0. The van der Waals surface area contributed by atoms with Crippen LogP contribution in [-0.2, 0) is 4.79 Å². The number of hydrogen-bond acceptors (Lipinski definition) is 6. The fourth-order valence-corrected chi connectivity index (χ4v) is 2.51. The highest BCUT2D eigenvalue weighted by atomic mass is 32.2. The summed E-state index contributed by atoms with van der Waals surface area (Å²) in [5, 5.41) is 5.09. The molecule has 1 aliphatic heterocycles. The van der Waals surface area contributed by atoms with Gasteiger partial charge in [0, 0.05) is 0 Å². The van der Waals surface area contributed by atoms with Gasteiger partial charge in [-0.3, -0.25) is 4.79 Å². The predicted molar refractivity (Wildman–Crippen MR) is 79.1 cm³/mol. The highest BCUT2D eigenvalue weighted by Gasteiger charge is 2.25. The molecule has 0 spiro atoms. The summed E-state index contributed by atoms with van der Waals surface area (Å²) in [6.45, 7) is -2.94. The standard InChI is InChI=1S/C12H10F2N2O3S2/c1-18-9-4-7(2-3-8(9)19-11(13)14)5-15-16-10(17)6-21-12(16)20/h2-5,11H,6H2,1H3. The fourth-order valence-electron chi connectivity index (χ4n) is 1.54. The highest BCUT2D eigenvalue weighted by Crippen LogP contribution is 2.29. The van der Waals surface area contributed by atoms with Crippen molar-refractivity contribution in [2.75, 3.05) is 12.9 Å². The van der Waals surface area contributed by atoms with Crippen LogP contribution in [0.3, 0.4) is 0 Å². The Morgan fingerprint density at radius 2 is 2.24 bits per heavy atom. The SMILES string of the molecule is COc1cc(C=NN2C(=O)CSC2=S)ccc1OC(F)F. The molecule has 5 nitrogen and oxygen atoms in total. The van der Waals surface area contributed by atoms with Gasteiger partial charge in [-0.1, -0.05) is 24.0 Å². The number of nitrogens with zero attached hydrogens (tertiary/aromatic N) is 2. The number of ether oxygens (including phenoxy) is 2. The maximum absolute atomic E-state index is 12.2. The molecule has 1 heterocycles. The number of carbonyl (C=O) groups excluding carboxylic acids is 1. The van der Waals surface area contributed by atoms with Crippen LogP contribution < -0.4 is 9.47 Å². The molecule has 0 N–H and O–H groups in total. The molecule has 2 rings (SSSR count). The van der Waals surface area contributed by atoms with Gasteiger partial charge in [0.15, 0.2) is 15.8 Å². The van der Waals surface area contributed by atoms with E-state index in [1.807, 2.05) is 0 Å². The maximum Gasteiger partial charge on any atom is 0.387 e. The number of alkyl halides is 2. The van der Waals surface area contributed by atoms with E-state index < -0.39 is 6.61 Å². The minimum absolute atomic E-state index is 0.0759. The number of rotatable bonds is 5. The number of carbonyl (C=O) groups is 1. The van der Waals surface area contributed by atoms with Crippen molar-refractivity contribution in [3.05, 3.63) is 23.8 Å². The average Bonchev–Trinajstić information content (AvgIpc) is 2.76. The van der Waals surface area contributed by atoms with Crippen molar-refractivity contribution in [3.8, 4) is 11.5 Å². The van der Waals surface area contributed by atoms with Gasteiger partial charge in [-0.05, 0) is 23.8 Å². The lowest BCUT2D eigenvalue weighted by atomic mass is 10.2. The molecule has 9 heteroatoms. The molecule has 1 saturated heterocycles. The Morgan fingerprint density at radius 3 is 2.81 bits per heavy atom. The van der Waals surface area contributed by atoms with E-state index in [0.717, 1.165) is 5.01 Å². The van der Waals surface area contributed by atoms with E-state index in [9.17, 15) is 13.6 Å². The van der Waals surface area contributed by atoms with Crippen LogP contribution >= 0.6 is 24.0 Å². The number of thioether (sulfide) groups is 1. The minimum atomic E-state index is -2.94. The number of hydrazone groups is 1. The molecule has 0 radical (unpaired) electrons. The van der Waals surface area contributed by atoms with Crippen LogP contribution in [0, 0.1) is 0 Å². The van der Waals surface area contributed by atoms with Crippen molar-refractivity contribution in [1.29, 1.82) is 0 Å². The molecule has 1 amide bonds. The summed E-state index contributed by atoms with van der Waals surface area (Å²) in [7, 11) is 1.34.